The molecule has 0 aliphatic heterocycles. The van der Waals surface area contributed by atoms with Crippen molar-refractivity contribution < 1.29 is 5.21 Å². The molecule has 0 fully saturated rings. The summed E-state index contributed by atoms with van der Waals surface area (Å²) < 4.78 is 0. The number of nitrogens with one attached hydrogen (secondary N) is 1. The van der Waals surface area contributed by atoms with Gasteiger partial charge in [-0.1, -0.05) is 37.2 Å². The molecular weight excluding hydrogens is 252 g/mol. The van der Waals surface area contributed by atoms with E-state index in [9.17, 15) is 0 Å². The van der Waals surface area contributed by atoms with Crippen molar-refractivity contribution in [1.82, 2.24) is 10.2 Å². The van der Waals surface area contributed by atoms with Gasteiger partial charge < -0.3 is 21.2 Å². The highest BCUT2D eigenvalue weighted by atomic mass is 16.4. The van der Waals surface area contributed by atoms with Crippen LogP contribution in [-0.2, 0) is 6.54 Å². The van der Waals surface area contributed by atoms with E-state index >= 15 is 0 Å². The van der Waals surface area contributed by atoms with Crippen LogP contribution < -0.4 is 11.1 Å². The molecule has 112 valence electrons. The van der Waals surface area contributed by atoms with E-state index in [2.05, 4.69) is 36.1 Å². The molecule has 1 atom stereocenters. The molecule has 5 nitrogen and oxygen atoms in total. The quantitative estimate of drug-likeness (QED) is 0.292. The van der Waals surface area contributed by atoms with Crippen molar-refractivity contribution in [2.75, 3.05) is 19.6 Å². The lowest BCUT2D eigenvalue weighted by Gasteiger charge is -2.23. The van der Waals surface area contributed by atoms with Gasteiger partial charge in [-0.25, -0.2) is 0 Å². The van der Waals surface area contributed by atoms with Gasteiger partial charge in [0, 0.05) is 24.7 Å². The molecule has 0 radical (unpaired) electrons. The minimum Gasteiger partial charge on any atom is -0.409 e. The Hall–Kier alpha value is -1.59. The molecule has 0 aromatic heterocycles. The minimum atomic E-state index is 0.142. The lowest BCUT2D eigenvalue weighted by molar-refractivity contribution is 0.270. The van der Waals surface area contributed by atoms with Gasteiger partial charge in [-0.05, 0) is 31.6 Å². The van der Waals surface area contributed by atoms with Gasteiger partial charge in [0.15, 0.2) is 5.84 Å². The van der Waals surface area contributed by atoms with Crippen LogP contribution in [0.2, 0.25) is 0 Å². The van der Waals surface area contributed by atoms with E-state index in [1.807, 2.05) is 24.3 Å². The van der Waals surface area contributed by atoms with Crippen LogP contribution in [0.4, 0.5) is 0 Å². The summed E-state index contributed by atoms with van der Waals surface area (Å²) in [5.74, 6) is 0.142. The number of amidine groups is 1. The van der Waals surface area contributed by atoms with E-state index in [-0.39, 0.29) is 5.84 Å². The Morgan fingerprint density at radius 1 is 1.40 bits per heavy atom. The number of rotatable bonds is 8. The van der Waals surface area contributed by atoms with Gasteiger partial charge in [0.25, 0.3) is 0 Å². The molecule has 5 heteroatoms. The summed E-state index contributed by atoms with van der Waals surface area (Å²) in [4.78, 5) is 2.39. The van der Waals surface area contributed by atoms with Crippen LogP contribution in [0.25, 0.3) is 0 Å². The summed E-state index contributed by atoms with van der Waals surface area (Å²) in [6.07, 6.45) is 0. The van der Waals surface area contributed by atoms with Crippen molar-refractivity contribution in [3.8, 4) is 0 Å². The third kappa shape index (κ3) is 5.19. The summed E-state index contributed by atoms with van der Waals surface area (Å²) in [6.45, 7) is 10.5. The van der Waals surface area contributed by atoms with E-state index < -0.39 is 0 Å². The van der Waals surface area contributed by atoms with Crippen molar-refractivity contribution in [2.45, 2.75) is 33.4 Å². The Balaban J connectivity index is 2.53. The molecular formula is C15H26N4O. The Kier molecular flexibility index (Phi) is 7.04. The molecule has 1 aromatic rings. The molecule has 0 aliphatic rings. The van der Waals surface area contributed by atoms with E-state index in [1.165, 1.54) is 0 Å². The lowest BCUT2D eigenvalue weighted by Crippen LogP contribution is -2.38. The fourth-order valence-electron chi connectivity index (χ4n) is 2.12. The normalized spacial score (nSPS) is 13.7. The maximum Gasteiger partial charge on any atom is 0.170 e. The Bertz CT molecular complexity index is 430. The van der Waals surface area contributed by atoms with Crippen LogP contribution in [0.15, 0.2) is 29.4 Å². The zero-order valence-electron chi connectivity index (χ0n) is 12.6. The Morgan fingerprint density at radius 3 is 2.70 bits per heavy atom. The van der Waals surface area contributed by atoms with Crippen molar-refractivity contribution in [2.24, 2.45) is 10.9 Å². The topological polar surface area (TPSA) is 73.9 Å². The SMILES string of the molecule is CCN(CC)CC(C)NCc1cccc(C(N)=NO)c1. The molecule has 0 amide bonds. The number of benzene rings is 1. The molecule has 1 aromatic carbocycles. The zero-order chi connectivity index (χ0) is 15.0. The number of nitrogens with two attached hydrogens (primary N) is 1. The molecule has 1 rings (SSSR count). The average molecular weight is 278 g/mol. The fraction of sp³-hybridized carbons (Fsp3) is 0.533. The van der Waals surface area contributed by atoms with E-state index in [1.54, 1.807) is 0 Å². The van der Waals surface area contributed by atoms with Crippen molar-refractivity contribution in [3.05, 3.63) is 35.4 Å². The van der Waals surface area contributed by atoms with Crippen molar-refractivity contribution in [3.63, 3.8) is 0 Å². The van der Waals surface area contributed by atoms with Crippen LogP contribution in [0.3, 0.4) is 0 Å². The lowest BCUT2D eigenvalue weighted by atomic mass is 10.1. The summed E-state index contributed by atoms with van der Waals surface area (Å²) in [7, 11) is 0. The third-order valence-electron chi connectivity index (χ3n) is 3.41. The molecule has 0 heterocycles. The van der Waals surface area contributed by atoms with Crippen LogP contribution in [0.1, 0.15) is 31.9 Å². The number of hydrogen-bond donors (Lipinski definition) is 3. The summed E-state index contributed by atoms with van der Waals surface area (Å²) >= 11 is 0. The minimum absolute atomic E-state index is 0.142. The molecule has 4 N–H and O–H groups in total. The predicted octanol–water partition coefficient (Wildman–Crippen LogP) is 1.60. The second kappa shape index (κ2) is 8.55. The van der Waals surface area contributed by atoms with Gasteiger partial charge in [-0.3, -0.25) is 0 Å². The van der Waals surface area contributed by atoms with E-state index in [0.29, 0.717) is 6.04 Å². The van der Waals surface area contributed by atoms with Crippen LogP contribution in [-0.4, -0.2) is 41.6 Å². The van der Waals surface area contributed by atoms with Gasteiger partial charge in [0.1, 0.15) is 0 Å². The van der Waals surface area contributed by atoms with E-state index in [0.717, 1.165) is 37.3 Å². The first-order valence-corrected chi connectivity index (χ1v) is 7.13. The monoisotopic (exact) mass is 278 g/mol. The van der Waals surface area contributed by atoms with Crippen molar-refractivity contribution in [1.29, 1.82) is 0 Å². The van der Waals surface area contributed by atoms with Crippen molar-refractivity contribution >= 4 is 5.84 Å². The average Bonchev–Trinajstić information content (AvgIpc) is 2.50. The van der Waals surface area contributed by atoms with Gasteiger partial charge in [-0.2, -0.15) is 0 Å². The summed E-state index contributed by atoms with van der Waals surface area (Å²) in [5, 5.41) is 15.2. The van der Waals surface area contributed by atoms with Gasteiger partial charge in [0.05, 0.1) is 0 Å². The molecule has 0 saturated heterocycles. The molecule has 0 saturated carbocycles. The molecule has 0 bridgehead atoms. The fourth-order valence-corrected chi connectivity index (χ4v) is 2.12. The second-order valence-electron chi connectivity index (χ2n) is 4.95. The number of hydrogen-bond acceptors (Lipinski definition) is 4. The standard InChI is InChI=1S/C15H26N4O/c1-4-19(5-2)11-12(3)17-10-13-7-6-8-14(9-13)15(16)18-20/h6-9,12,17,20H,4-5,10-11H2,1-3H3,(H2,16,18). The smallest absolute Gasteiger partial charge is 0.170 e. The van der Waals surface area contributed by atoms with Gasteiger partial charge >= 0.3 is 0 Å². The first kappa shape index (κ1) is 16.5. The second-order valence-corrected chi connectivity index (χ2v) is 4.95. The van der Waals surface area contributed by atoms with Gasteiger partial charge in [0.2, 0.25) is 0 Å². The van der Waals surface area contributed by atoms with Crippen LogP contribution in [0, 0.1) is 0 Å². The maximum atomic E-state index is 8.69. The first-order valence-electron chi connectivity index (χ1n) is 7.13. The molecule has 0 spiro atoms. The van der Waals surface area contributed by atoms with E-state index in [4.69, 9.17) is 10.9 Å². The zero-order valence-corrected chi connectivity index (χ0v) is 12.6. The van der Waals surface area contributed by atoms with Gasteiger partial charge in [-0.15, -0.1) is 0 Å². The summed E-state index contributed by atoms with van der Waals surface area (Å²) in [6, 6.07) is 8.14. The highest BCUT2D eigenvalue weighted by molar-refractivity contribution is 5.97. The van der Waals surface area contributed by atoms with Crippen LogP contribution in [0.5, 0.6) is 0 Å². The Morgan fingerprint density at radius 2 is 2.10 bits per heavy atom. The summed E-state index contributed by atoms with van der Waals surface area (Å²) in [5.41, 5.74) is 7.46. The molecule has 1 unspecified atom stereocenters. The predicted molar refractivity (Wildman–Crippen MR) is 83.0 cm³/mol. The Labute approximate surface area is 121 Å². The number of oxime groups is 1. The largest absolute Gasteiger partial charge is 0.409 e. The highest BCUT2D eigenvalue weighted by Gasteiger charge is 2.07. The first-order chi connectivity index (χ1) is 9.60. The highest BCUT2D eigenvalue weighted by Crippen LogP contribution is 2.05. The number of nitrogens with zero attached hydrogens (tertiary/aromatic N) is 2. The third-order valence-corrected chi connectivity index (χ3v) is 3.41. The van der Waals surface area contributed by atoms with Crippen LogP contribution >= 0.6 is 0 Å². The number of likely N-dealkylation sites (N-methyl/N-ethyl adjacent to an activating group) is 1. The molecule has 0 aliphatic carbocycles. The maximum absolute atomic E-state index is 8.69. The molecule has 20 heavy (non-hydrogen) atoms.